The Bertz CT molecular complexity index is 966. The third kappa shape index (κ3) is 3.75. The van der Waals surface area contributed by atoms with Crippen LogP contribution in [0.25, 0.3) is 11.3 Å². The normalized spacial score (nSPS) is 10.4. The highest BCUT2D eigenvalue weighted by atomic mass is 79.9. The third-order valence-electron chi connectivity index (χ3n) is 3.58. The summed E-state index contributed by atoms with van der Waals surface area (Å²) >= 11 is 3.20. The number of carbonyl (C=O) groups excluding carboxylic acids is 1. The first kappa shape index (κ1) is 17.7. The molecule has 0 fully saturated rings. The highest BCUT2D eigenvalue weighted by Crippen LogP contribution is 2.25. The summed E-state index contributed by atoms with van der Waals surface area (Å²) in [5.41, 5.74) is 0.897. The first-order valence-corrected chi connectivity index (χ1v) is 8.22. The second-order valence-corrected chi connectivity index (χ2v) is 6.17. The number of hydrogen-bond donors (Lipinski definition) is 2. The molecular formula is C18H13BrN2O5. The van der Waals surface area contributed by atoms with E-state index in [1.54, 1.807) is 37.4 Å². The number of carboxylic acid groups (broad SMARTS) is 1. The van der Waals surface area contributed by atoms with E-state index in [1.807, 2.05) is 0 Å². The van der Waals surface area contributed by atoms with Crippen molar-refractivity contribution in [1.29, 1.82) is 0 Å². The Hall–Kier alpha value is -3.13. The van der Waals surface area contributed by atoms with Gasteiger partial charge in [-0.2, -0.15) is 0 Å². The molecule has 3 rings (SSSR count). The summed E-state index contributed by atoms with van der Waals surface area (Å²) in [4.78, 5) is 23.7. The van der Waals surface area contributed by atoms with Gasteiger partial charge in [0.15, 0.2) is 11.5 Å². The van der Waals surface area contributed by atoms with Gasteiger partial charge < -0.3 is 19.7 Å². The van der Waals surface area contributed by atoms with Crippen molar-refractivity contribution in [1.82, 2.24) is 5.16 Å². The Labute approximate surface area is 156 Å². The number of methoxy groups -OCH3 is 1. The maximum Gasteiger partial charge on any atom is 0.337 e. The van der Waals surface area contributed by atoms with E-state index >= 15 is 0 Å². The fourth-order valence-corrected chi connectivity index (χ4v) is 2.62. The van der Waals surface area contributed by atoms with Crippen molar-refractivity contribution < 1.29 is 24.0 Å². The molecule has 0 aliphatic carbocycles. The molecule has 0 unspecified atom stereocenters. The number of aromatic carboxylic acids is 1. The number of aromatic nitrogens is 1. The standard InChI is InChI=1S/C18H13BrN2O5/c1-25-12-5-2-10(3-6-12)16-9-15(21-26-16)17(22)20-14-7-4-11(19)8-13(14)18(23)24/h2-9H,1H3,(H,20,22)(H,23,24). The molecule has 1 heterocycles. The summed E-state index contributed by atoms with van der Waals surface area (Å²) in [5.74, 6) is -0.617. The Morgan fingerprint density at radius 2 is 1.88 bits per heavy atom. The summed E-state index contributed by atoms with van der Waals surface area (Å²) in [5, 5.41) is 15.5. The summed E-state index contributed by atoms with van der Waals surface area (Å²) < 4.78 is 10.9. The van der Waals surface area contributed by atoms with E-state index in [1.165, 1.54) is 18.2 Å². The lowest BCUT2D eigenvalue weighted by Gasteiger charge is -2.07. The molecule has 132 valence electrons. The van der Waals surface area contributed by atoms with E-state index in [0.29, 0.717) is 16.0 Å². The van der Waals surface area contributed by atoms with Gasteiger partial charge in [-0.1, -0.05) is 21.1 Å². The molecule has 2 aromatic carbocycles. The predicted molar refractivity (Wildman–Crippen MR) is 97.5 cm³/mol. The summed E-state index contributed by atoms with van der Waals surface area (Å²) in [6.45, 7) is 0. The predicted octanol–water partition coefficient (Wildman–Crippen LogP) is 4.06. The summed E-state index contributed by atoms with van der Waals surface area (Å²) in [7, 11) is 1.57. The summed E-state index contributed by atoms with van der Waals surface area (Å²) in [6, 6.07) is 13.1. The molecule has 0 radical (unpaired) electrons. The van der Waals surface area contributed by atoms with E-state index in [9.17, 15) is 14.7 Å². The molecule has 0 atom stereocenters. The van der Waals surface area contributed by atoms with Crippen molar-refractivity contribution in [3.8, 4) is 17.1 Å². The molecule has 0 bridgehead atoms. The summed E-state index contributed by atoms with van der Waals surface area (Å²) in [6.07, 6.45) is 0. The Morgan fingerprint density at radius 1 is 1.15 bits per heavy atom. The van der Waals surface area contributed by atoms with Gasteiger partial charge in [-0.15, -0.1) is 0 Å². The number of nitrogens with zero attached hydrogens (tertiary/aromatic N) is 1. The minimum absolute atomic E-state index is 0.0356. The van der Waals surface area contributed by atoms with Gasteiger partial charge in [0.1, 0.15) is 5.75 Å². The zero-order valence-electron chi connectivity index (χ0n) is 13.5. The number of halogens is 1. The van der Waals surface area contributed by atoms with Gasteiger partial charge in [-0.05, 0) is 42.5 Å². The number of rotatable bonds is 5. The van der Waals surface area contributed by atoms with Gasteiger partial charge in [0.05, 0.1) is 18.4 Å². The zero-order valence-corrected chi connectivity index (χ0v) is 15.1. The van der Waals surface area contributed by atoms with Gasteiger partial charge in [0.25, 0.3) is 5.91 Å². The number of nitrogens with one attached hydrogen (secondary N) is 1. The maximum absolute atomic E-state index is 12.4. The molecule has 8 heteroatoms. The number of benzene rings is 2. The average Bonchev–Trinajstić information content (AvgIpc) is 3.13. The largest absolute Gasteiger partial charge is 0.497 e. The van der Waals surface area contributed by atoms with E-state index < -0.39 is 11.9 Å². The topological polar surface area (TPSA) is 102 Å². The number of ether oxygens (including phenoxy) is 1. The Kier molecular flexibility index (Phi) is 5.04. The Morgan fingerprint density at radius 3 is 2.54 bits per heavy atom. The zero-order chi connectivity index (χ0) is 18.7. The fraction of sp³-hybridized carbons (Fsp3) is 0.0556. The van der Waals surface area contributed by atoms with Crippen LogP contribution in [0.3, 0.4) is 0 Å². The smallest absolute Gasteiger partial charge is 0.337 e. The van der Waals surface area contributed by atoms with E-state index in [-0.39, 0.29) is 16.9 Å². The monoisotopic (exact) mass is 416 g/mol. The first-order chi connectivity index (χ1) is 12.5. The molecule has 7 nitrogen and oxygen atoms in total. The maximum atomic E-state index is 12.4. The molecule has 26 heavy (non-hydrogen) atoms. The van der Waals surface area contributed by atoms with Crippen molar-refractivity contribution in [3.05, 3.63) is 64.3 Å². The fourth-order valence-electron chi connectivity index (χ4n) is 2.26. The van der Waals surface area contributed by atoms with Crippen LogP contribution >= 0.6 is 15.9 Å². The van der Waals surface area contributed by atoms with E-state index in [4.69, 9.17) is 9.26 Å². The van der Waals surface area contributed by atoms with Crippen molar-refractivity contribution in [3.63, 3.8) is 0 Å². The van der Waals surface area contributed by atoms with Crippen LogP contribution in [-0.4, -0.2) is 29.2 Å². The molecule has 2 N–H and O–H groups in total. The number of amides is 1. The SMILES string of the molecule is COc1ccc(-c2cc(C(=O)Nc3ccc(Br)cc3C(=O)O)no2)cc1. The van der Waals surface area contributed by atoms with Crippen molar-refractivity contribution in [2.75, 3.05) is 12.4 Å². The molecule has 0 saturated heterocycles. The van der Waals surface area contributed by atoms with Crippen LogP contribution in [0.5, 0.6) is 5.75 Å². The van der Waals surface area contributed by atoms with Crippen LogP contribution in [0.2, 0.25) is 0 Å². The minimum Gasteiger partial charge on any atom is -0.497 e. The van der Waals surface area contributed by atoms with Crippen LogP contribution in [0.4, 0.5) is 5.69 Å². The lowest BCUT2D eigenvalue weighted by molar-refractivity contribution is 0.0698. The van der Waals surface area contributed by atoms with E-state index in [2.05, 4.69) is 26.4 Å². The quantitative estimate of drug-likeness (QED) is 0.649. The highest BCUT2D eigenvalue weighted by molar-refractivity contribution is 9.10. The van der Waals surface area contributed by atoms with Gasteiger partial charge in [0.2, 0.25) is 0 Å². The molecular weight excluding hydrogens is 404 g/mol. The average molecular weight is 417 g/mol. The molecule has 0 saturated carbocycles. The number of carbonyl (C=O) groups is 2. The second-order valence-electron chi connectivity index (χ2n) is 5.25. The van der Waals surface area contributed by atoms with Gasteiger partial charge in [0, 0.05) is 16.1 Å². The van der Waals surface area contributed by atoms with E-state index in [0.717, 1.165) is 5.56 Å². The third-order valence-corrected chi connectivity index (χ3v) is 4.07. The molecule has 0 aliphatic rings. The first-order valence-electron chi connectivity index (χ1n) is 7.43. The van der Waals surface area contributed by atoms with Crippen LogP contribution in [0, 0.1) is 0 Å². The second kappa shape index (κ2) is 7.40. The van der Waals surface area contributed by atoms with Crippen molar-refractivity contribution in [2.24, 2.45) is 0 Å². The number of hydrogen-bond acceptors (Lipinski definition) is 5. The molecule has 1 aromatic heterocycles. The highest BCUT2D eigenvalue weighted by Gasteiger charge is 2.17. The van der Waals surface area contributed by atoms with Crippen LogP contribution in [0.1, 0.15) is 20.8 Å². The number of carboxylic acids is 1. The van der Waals surface area contributed by atoms with Crippen LogP contribution < -0.4 is 10.1 Å². The Balaban J connectivity index is 1.81. The van der Waals surface area contributed by atoms with Gasteiger partial charge in [-0.3, -0.25) is 4.79 Å². The van der Waals surface area contributed by atoms with Crippen molar-refractivity contribution in [2.45, 2.75) is 0 Å². The lowest BCUT2D eigenvalue weighted by atomic mass is 10.1. The van der Waals surface area contributed by atoms with Gasteiger partial charge >= 0.3 is 5.97 Å². The minimum atomic E-state index is -1.15. The molecule has 3 aromatic rings. The van der Waals surface area contributed by atoms with Crippen LogP contribution in [0.15, 0.2) is 57.5 Å². The molecule has 0 aliphatic heterocycles. The lowest BCUT2D eigenvalue weighted by Crippen LogP contribution is -2.15. The van der Waals surface area contributed by atoms with Crippen molar-refractivity contribution >= 4 is 33.5 Å². The van der Waals surface area contributed by atoms with Crippen LogP contribution in [-0.2, 0) is 0 Å². The van der Waals surface area contributed by atoms with Gasteiger partial charge in [-0.25, -0.2) is 4.79 Å². The molecule has 0 spiro atoms. The number of anilines is 1. The molecule has 1 amide bonds.